The maximum atomic E-state index is 12.9. The third-order valence-electron chi connectivity index (χ3n) is 2.81. The number of halogens is 3. The molecule has 0 aliphatic heterocycles. The van der Waals surface area contributed by atoms with E-state index in [1.807, 2.05) is 0 Å². The second-order valence-corrected chi connectivity index (χ2v) is 5.44. The van der Waals surface area contributed by atoms with E-state index in [4.69, 9.17) is 9.84 Å². The van der Waals surface area contributed by atoms with E-state index in [2.05, 4.69) is 0 Å². The largest absolute Gasteiger partial charge is 0.496 e. The number of carbonyl (C=O) groups is 1. The molecule has 3 nitrogen and oxygen atoms in total. The molecule has 0 atom stereocenters. The summed E-state index contributed by atoms with van der Waals surface area (Å²) >= 11 is 1.11. The van der Waals surface area contributed by atoms with Gasteiger partial charge in [0, 0.05) is 9.79 Å². The second kappa shape index (κ2) is 6.31. The minimum absolute atomic E-state index is 0.120. The quantitative estimate of drug-likeness (QED) is 0.893. The molecule has 0 amide bonds. The number of ether oxygens (including phenoxy) is 1. The molecule has 0 aromatic heterocycles. The van der Waals surface area contributed by atoms with E-state index in [0.29, 0.717) is 9.79 Å². The van der Waals surface area contributed by atoms with E-state index in [1.54, 1.807) is 12.1 Å². The van der Waals surface area contributed by atoms with Gasteiger partial charge in [-0.05, 0) is 42.5 Å². The van der Waals surface area contributed by atoms with Crippen LogP contribution in [0.3, 0.4) is 0 Å². The molecule has 2 aromatic rings. The molecule has 0 heterocycles. The van der Waals surface area contributed by atoms with Gasteiger partial charge in [0.2, 0.25) is 0 Å². The van der Waals surface area contributed by atoms with Crippen LogP contribution in [-0.4, -0.2) is 18.2 Å². The number of methoxy groups -OCH3 is 1. The molecule has 2 aromatic carbocycles. The van der Waals surface area contributed by atoms with Gasteiger partial charge >= 0.3 is 12.1 Å². The van der Waals surface area contributed by atoms with Crippen molar-refractivity contribution in [3.05, 3.63) is 53.6 Å². The van der Waals surface area contributed by atoms with Crippen LogP contribution in [0, 0.1) is 0 Å². The Morgan fingerprint density at radius 1 is 1.09 bits per heavy atom. The number of rotatable bonds is 4. The van der Waals surface area contributed by atoms with Crippen LogP contribution in [0.4, 0.5) is 13.2 Å². The molecule has 0 bridgehead atoms. The zero-order valence-corrected chi connectivity index (χ0v) is 12.2. The van der Waals surface area contributed by atoms with Gasteiger partial charge in [0.25, 0.3) is 0 Å². The first-order chi connectivity index (χ1) is 10.3. The smallest absolute Gasteiger partial charge is 0.420 e. The fourth-order valence-electron chi connectivity index (χ4n) is 1.77. The lowest BCUT2D eigenvalue weighted by Crippen LogP contribution is -2.07. The minimum atomic E-state index is -4.50. The number of carboxylic acids is 1. The average Bonchev–Trinajstić information content (AvgIpc) is 2.47. The Hall–Kier alpha value is -2.15. The van der Waals surface area contributed by atoms with Gasteiger partial charge in [0.15, 0.2) is 0 Å². The highest BCUT2D eigenvalue weighted by molar-refractivity contribution is 7.99. The van der Waals surface area contributed by atoms with Gasteiger partial charge in [0.1, 0.15) is 5.75 Å². The molecular formula is C15H11F3O3S. The molecule has 0 spiro atoms. The molecule has 0 aliphatic carbocycles. The van der Waals surface area contributed by atoms with E-state index < -0.39 is 17.7 Å². The van der Waals surface area contributed by atoms with Crippen molar-refractivity contribution in [2.24, 2.45) is 0 Å². The Morgan fingerprint density at radius 3 is 2.18 bits per heavy atom. The standard InChI is InChI=1S/C15H11F3O3S/c1-21-13-7-6-11(8-12(13)15(16,17)18)22-10-4-2-9(3-5-10)14(19)20/h2-8H,1H3,(H,19,20). The topological polar surface area (TPSA) is 46.5 Å². The number of benzene rings is 2. The van der Waals surface area contributed by atoms with Crippen LogP contribution in [0.1, 0.15) is 15.9 Å². The fourth-order valence-corrected chi connectivity index (χ4v) is 2.63. The Labute approximate surface area is 128 Å². The number of carboxylic acid groups (broad SMARTS) is 1. The van der Waals surface area contributed by atoms with Crippen LogP contribution >= 0.6 is 11.8 Å². The van der Waals surface area contributed by atoms with Crippen LogP contribution in [0.2, 0.25) is 0 Å². The predicted molar refractivity (Wildman–Crippen MR) is 75.5 cm³/mol. The van der Waals surface area contributed by atoms with Gasteiger partial charge < -0.3 is 9.84 Å². The third-order valence-corrected chi connectivity index (χ3v) is 3.81. The van der Waals surface area contributed by atoms with Crippen LogP contribution in [-0.2, 0) is 6.18 Å². The number of hydrogen-bond acceptors (Lipinski definition) is 3. The van der Waals surface area contributed by atoms with Gasteiger partial charge in [-0.1, -0.05) is 11.8 Å². The SMILES string of the molecule is COc1ccc(Sc2ccc(C(=O)O)cc2)cc1C(F)(F)F. The summed E-state index contributed by atoms with van der Waals surface area (Å²) < 4.78 is 43.5. The second-order valence-electron chi connectivity index (χ2n) is 4.29. The molecular weight excluding hydrogens is 317 g/mol. The Bertz CT molecular complexity index is 681. The van der Waals surface area contributed by atoms with Crippen LogP contribution < -0.4 is 4.74 Å². The summed E-state index contributed by atoms with van der Waals surface area (Å²) in [4.78, 5) is 11.8. The zero-order valence-electron chi connectivity index (χ0n) is 11.3. The molecule has 0 fully saturated rings. The van der Waals surface area contributed by atoms with Crippen LogP contribution in [0.5, 0.6) is 5.75 Å². The summed E-state index contributed by atoms with van der Waals surface area (Å²) in [6, 6.07) is 9.68. The maximum Gasteiger partial charge on any atom is 0.420 e. The summed E-state index contributed by atoms with van der Waals surface area (Å²) in [5.74, 6) is -1.29. The normalized spacial score (nSPS) is 11.3. The van der Waals surface area contributed by atoms with E-state index in [1.165, 1.54) is 31.4 Å². The van der Waals surface area contributed by atoms with Crippen molar-refractivity contribution >= 4 is 17.7 Å². The van der Waals surface area contributed by atoms with Crippen molar-refractivity contribution in [1.82, 2.24) is 0 Å². The highest BCUT2D eigenvalue weighted by Crippen LogP contribution is 2.39. The van der Waals surface area contributed by atoms with Gasteiger partial charge in [-0.3, -0.25) is 0 Å². The Morgan fingerprint density at radius 2 is 1.68 bits per heavy atom. The average molecular weight is 328 g/mol. The lowest BCUT2D eigenvalue weighted by Gasteiger charge is -2.13. The van der Waals surface area contributed by atoms with E-state index in [0.717, 1.165) is 17.8 Å². The van der Waals surface area contributed by atoms with Crippen molar-refractivity contribution in [2.45, 2.75) is 16.0 Å². The highest BCUT2D eigenvalue weighted by atomic mass is 32.2. The molecule has 116 valence electrons. The first-order valence-electron chi connectivity index (χ1n) is 6.07. The predicted octanol–water partition coefficient (Wildman–Crippen LogP) is 4.56. The van der Waals surface area contributed by atoms with Gasteiger partial charge in [-0.15, -0.1) is 0 Å². The fraction of sp³-hybridized carbons (Fsp3) is 0.133. The lowest BCUT2D eigenvalue weighted by atomic mass is 10.2. The zero-order chi connectivity index (χ0) is 16.3. The number of hydrogen-bond donors (Lipinski definition) is 1. The first kappa shape index (κ1) is 16.2. The summed E-state index contributed by atoms with van der Waals surface area (Å²) in [7, 11) is 1.18. The van der Waals surface area contributed by atoms with Crippen molar-refractivity contribution < 1.29 is 27.8 Å². The van der Waals surface area contributed by atoms with Crippen molar-refractivity contribution in [1.29, 1.82) is 0 Å². The molecule has 2 rings (SSSR count). The molecule has 0 saturated carbocycles. The molecule has 0 aliphatic rings. The summed E-state index contributed by atoms with van der Waals surface area (Å²) in [6.45, 7) is 0. The van der Waals surface area contributed by atoms with Gasteiger partial charge in [-0.25, -0.2) is 4.79 Å². The summed E-state index contributed by atoms with van der Waals surface area (Å²) in [5.41, 5.74) is -0.725. The van der Waals surface area contributed by atoms with Crippen LogP contribution in [0.25, 0.3) is 0 Å². The van der Waals surface area contributed by atoms with Crippen LogP contribution in [0.15, 0.2) is 52.3 Å². The van der Waals surface area contributed by atoms with Crippen molar-refractivity contribution in [3.8, 4) is 5.75 Å². The molecule has 7 heteroatoms. The van der Waals surface area contributed by atoms with E-state index in [9.17, 15) is 18.0 Å². The molecule has 1 N–H and O–H groups in total. The van der Waals surface area contributed by atoms with E-state index >= 15 is 0 Å². The number of aromatic carboxylic acids is 1. The maximum absolute atomic E-state index is 12.9. The van der Waals surface area contributed by atoms with Gasteiger partial charge in [-0.2, -0.15) is 13.2 Å². The molecule has 0 unspecified atom stereocenters. The van der Waals surface area contributed by atoms with Crippen molar-refractivity contribution in [3.63, 3.8) is 0 Å². The monoisotopic (exact) mass is 328 g/mol. The lowest BCUT2D eigenvalue weighted by molar-refractivity contribution is -0.138. The molecule has 0 radical (unpaired) electrons. The van der Waals surface area contributed by atoms with Crippen molar-refractivity contribution in [2.75, 3.05) is 7.11 Å². The minimum Gasteiger partial charge on any atom is -0.496 e. The van der Waals surface area contributed by atoms with Gasteiger partial charge in [0.05, 0.1) is 18.2 Å². The third kappa shape index (κ3) is 3.73. The summed E-state index contributed by atoms with van der Waals surface area (Å²) in [6.07, 6.45) is -4.50. The van der Waals surface area contributed by atoms with E-state index in [-0.39, 0.29) is 11.3 Å². The first-order valence-corrected chi connectivity index (χ1v) is 6.89. The Balaban J connectivity index is 2.28. The Kier molecular flexibility index (Phi) is 4.65. The summed E-state index contributed by atoms with van der Waals surface area (Å²) in [5, 5.41) is 8.80. The molecule has 22 heavy (non-hydrogen) atoms. The molecule has 0 saturated heterocycles. The highest BCUT2D eigenvalue weighted by Gasteiger charge is 2.34. The number of alkyl halides is 3.